The first kappa shape index (κ1) is 19.1. The molecular formula is C23H19N5O2S. The van der Waals surface area contributed by atoms with Crippen molar-refractivity contribution in [1.29, 1.82) is 0 Å². The average molecular weight is 430 g/mol. The van der Waals surface area contributed by atoms with Gasteiger partial charge in [0.1, 0.15) is 0 Å². The highest BCUT2D eigenvalue weighted by Gasteiger charge is 2.31. The number of urea groups is 1. The van der Waals surface area contributed by atoms with Gasteiger partial charge in [-0.1, -0.05) is 24.3 Å². The molecule has 2 aromatic carbocycles. The topological polar surface area (TPSA) is 98.9 Å². The molecule has 0 bridgehead atoms. The molecule has 31 heavy (non-hydrogen) atoms. The lowest BCUT2D eigenvalue weighted by molar-refractivity contribution is -0.113. The molecule has 2 aromatic heterocycles. The van der Waals surface area contributed by atoms with Crippen LogP contribution in [0.5, 0.6) is 0 Å². The van der Waals surface area contributed by atoms with E-state index in [1.54, 1.807) is 24.5 Å². The van der Waals surface area contributed by atoms with Crippen LogP contribution in [0, 0.1) is 0 Å². The monoisotopic (exact) mass is 429 g/mol. The summed E-state index contributed by atoms with van der Waals surface area (Å²) < 4.78 is 0. The maximum atomic E-state index is 13.2. The van der Waals surface area contributed by atoms with E-state index in [-0.39, 0.29) is 11.9 Å². The van der Waals surface area contributed by atoms with Gasteiger partial charge in [-0.3, -0.25) is 9.89 Å². The largest absolute Gasteiger partial charge is 0.327 e. The van der Waals surface area contributed by atoms with Gasteiger partial charge in [0.05, 0.1) is 23.3 Å². The number of nitrogens with one attached hydrogen (secondary N) is 4. The normalized spacial score (nSPS) is 16.2. The number of nitrogens with zero attached hydrogens (tertiary/aromatic N) is 1. The number of carbonyl (C=O) groups excluding carboxylic acids is 2. The van der Waals surface area contributed by atoms with Crippen molar-refractivity contribution in [3.63, 3.8) is 0 Å². The summed E-state index contributed by atoms with van der Waals surface area (Å²) in [5.41, 5.74) is 5.61. The second kappa shape index (κ2) is 7.73. The van der Waals surface area contributed by atoms with E-state index in [0.717, 1.165) is 27.6 Å². The van der Waals surface area contributed by atoms with Crippen molar-refractivity contribution in [3.05, 3.63) is 82.3 Å². The molecule has 0 spiro atoms. The minimum Gasteiger partial charge on any atom is -0.327 e. The lowest BCUT2D eigenvalue weighted by atomic mass is 9.93. The predicted molar refractivity (Wildman–Crippen MR) is 122 cm³/mol. The van der Waals surface area contributed by atoms with Crippen molar-refractivity contribution in [2.45, 2.75) is 13.0 Å². The Kier molecular flexibility index (Phi) is 4.76. The number of hydrogen-bond donors (Lipinski definition) is 4. The first-order valence-electron chi connectivity index (χ1n) is 9.74. The van der Waals surface area contributed by atoms with Crippen molar-refractivity contribution >= 4 is 39.9 Å². The first-order valence-corrected chi connectivity index (χ1v) is 10.7. The molecule has 154 valence electrons. The lowest BCUT2D eigenvalue weighted by Crippen LogP contribution is -2.45. The van der Waals surface area contributed by atoms with Crippen molar-refractivity contribution in [3.8, 4) is 11.1 Å². The third-order valence-electron chi connectivity index (χ3n) is 5.31. The van der Waals surface area contributed by atoms with Crippen molar-refractivity contribution in [2.75, 3.05) is 5.32 Å². The molecule has 1 aliphatic rings. The Hall–Kier alpha value is -3.91. The third kappa shape index (κ3) is 3.69. The van der Waals surface area contributed by atoms with E-state index in [9.17, 15) is 9.59 Å². The smallest absolute Gasteiger partial charge is 0.319 e. The fourth-order valence-electron chi connectivity index (χ4n) is 3.76. The summed E-state index contributed by atoms with van der Waals surface area (Å²) in [5.74, 6) is -0.278. The summed E-state index contributed by atoms with van der Waals surface area (Å²) in [6.45, 7) is 1.74. The molecule has 5 rings (SSSR count). The second-order valence-electron chi connectivity index (χ2n) is 7.33. The van der Waals surface area contributed by atoms with Gasteiger partial charge in [0.25, 0.3) is 5.91 Å². The Labute approximate surface area is 182 Å². The lowest BCUT2D eigenvalue weighted by Gasteiger charge is -2.28. The van der Waals surface area contributed by atoms with Crippen molar-refractivity contribution in [1.82, 2.24) is 20.8 Å². The van der Waals surface area contributed by atoms with Gasteiger partial charge in [0, 0.05) is 16.8 Å². The van der Waals surface area contributed by atoms with E-state index in [0.29, 0.717) is 17.0 Å². The number of anilines is 1. The molecule has 4 N–H and O–H groups in total. The highest BCUT2D eigenvalue weighted by atomic mass is 32.1. The zero-order valence-corrected chi connectivity index (χ0v) is 17.4. The van der Waals surface area contributed by atoms with Gasteiger partial charge in [-0.15, -0.1) is 0 Å². The average Bonchev–Trinajstić information content (AvgIpc) is 3.45. The van der Waals surface area contributed by atoms with E-state index >= 15 is 0 Å². The molecule has 4 aromatic rings. The van der Waals surface area contributed by atoms with Gasteiger partial charge >= 0.3 is 6.03 Å². The van der Waals surface area contributed by atoms with E-state index < -0.39 is 6.04 Å². The molecule has 0 fully saturated rings. The molecule has 7 nitrogen and oxygen atoms in total. The molecule has 0 saturated heterocycles. The van der Waals surface area contributed by atoms with Crippen molar-refractivity contribution in [2.24, 2.45) is 0 Å². The van der Waals surface area contributed by atoms with Crippen LogP contribution >= 0.6 is 11.3 Å². The molecule has 1 atom stereocenters. The predicted octanol–water partition coefficient (Wildman–Crippen LogP) is 4.56. The molecular weight excluding hydrogens is 410 g/mol. The summed E-state index contributed by atoms with van der Waals surface area (Å²) in [6.07, 6.45) is 1.70. The number of thiophene rings is 1. The quantitative estimate of drug-likeness (QED) is 0.383. The van der Waals surface area contributed by atoms with Gasteiger partial charge in [-0.25, -0.2) is 4.79 Å². The number of aromatic nitrogens is 2. The molecule has 0 aliphatic carbocycles. The molecule has 3 heterocycles. The first-order chi connectivity index (χ1) is 15.1. The fourth-order valence-corrected chi connectivity index (χ4v) is 4.43. The molecule has 0 saturated carbocycles. The highest BCUT2D eigenvalue weighted by Crippen LogP contribution is 2.30. The van der Waals surface area contributed by atoms with Crippen LogP contribution in [-0.4, -0.2) is 22.1 Å². The zero-order valence-electron chi connectivity index (χ0n) is 16.6. The van der Waals surface area contributed by atoms with Crippen LogP contribution in [0.2, 0.25) is 0 Å². The van der Waals surface area contributed by atoms with Gasteiger partial charge in [-0.2, -0.15) is 16.4 Å². The number of hydrogen-bond acceptors (Lipinski definition) is 4. The zero-order chi connectivity index (χ0) is 21.4. The maximum absolute atomic E-state index is 13.2. The van der Waals surface area contributed by atoms with Crippen LogP contribution in [0.3, 0.4) is 0 Å². The number of allylic oxidation sites excluding steroid dienone is 1. The molecule has 8 heteroatoms. The number of amides is 3. The van der Waals surface area contributed by atoms with E-state index in [1.165, 1.54) is 0 Å². The molecule has 1 unspecified atom stereocenters. The minimum atomic E-state index is -0.553. The number of carbonyl (C=O) groups is 2. The molecule has 3 amide bonds. The van der Waals surface area contributed by atoms with Crippen LogP contribution in [0.4, 0.5) is 10.5 Å². The number of H-pyrrole nitrogens is 1. The SMILES string of the molecule is CC1=C(C(=O)Nc2ccc3[nH]ncc3c2)C(c2ccc(-c3ccsc3)cc2)NC(=O)N1. The third-order valence-corrected chi connectivity index (χ3v) is 5.99. The molecule has 0 radical (unpaired) electrons. The number of aromatic amines is 1. The minimum absolute atomic E-state index is 0.278. The van der Waals surface area contributed by atoms with Crippen LogP contribution in [0.1, 0.15) is 18.5 Å². The second-order valence-corrected chi connectivity index (χ2v) is 8.11. The Balaban J connectivity index is 1.45. The van der Waals surface area contributed by atoms with Crippen molar-refractivity contribution < 1.29 is 9.59 Å². The van der Waals surface area contributed by atoms with Crippen LogP contribution in [-0.2, 0) is 4.79 Å². The van der Waals surface area contributed by atoms with Gasteiger partial charge in [0.2, 0.25) is 0 Å². The Bertz CT molecular complexity index is 1310. The number of benzene rings is 2. The highest BCUT2D eigenvalue weighted by molar-refractivity contribution is 7.08. The summed E-state index contributed by atoms with van der Waals surface area (Å²) in [6, 6.07) is 14.6. The van der Waals surface area contributed by atoms with E-state index in [2.05, 4.69) is 37.6 Å². The summed E-state index contributed by atoms with van der Waals surface area (Å²) in [4.78, 5) is 25.4. The Morgan fingerprint density at radius 2 is 1.94 bits per heavy atom. The van der Waals surface area contributed by atoms with Gasteiger partial charge in [0.15, 0.2) is 0 Å². The number of fused-ring (bicyclic) bond motifs is 1. The van der Waals surface area contributed by atoms with Gasteiger partial charge in [-0.05, 0) is 58.6 Å². The fraction of sp³-hybridized carbons (Fsp3) is 0.0870. The Morgan fingerprint density at radius 1 is 1.10 bits per heavy atom. The standard InChI is InChI=1S/C23H19N5O2S/c1-13-20(22(29)26-18-6-7-19-17(10-18)11-24-28-19)21(27-23(30)25-13)15-4-2-14(3-5-15)16-8-9-31-12-16/h2-12,21H,1H3,(H,24,28)(H,26,29)(H2,25,27,30). The van der Waals surface area contributed by atoms with E-state index in [1.807, 2.05) is 47.8 Å². The van der Waals surface area contributed by atoms with E-state index in [4.69, 9.17) is 0 Å². The van der Waals surface area contributed by atoms with Gasteiger partial charge < -0.3 is 16.0 Å². The van der Waals surface area contributed by atoms with Crippen LogP contribution < -0.4 is 16.0 Å². The summed E-state index contributed by atoms with van der Waals surface area (Å²) in [5, 5.41) is 20.4. The Morgan fingerprint density at radius 3 is 2.71 bits per heavy atom. The van der Waals surface area contributed by atoms with Crippen LogP contribution in [0.25, 0.3) is 22.0 Å². The summed E-state index contributed by atoms with van der Waals surface area (Å²) in [7, 11) is 0. The maximum Gasteiger partial charge on any atom is 0.319 e. The van der Waals surface area contributed by atoms with Crippen LogP contribution in [0.15, 0.2) is 76.8 Å². The number of rotatable bonds is 4. The summed E-state index contributed by atoms with van der Waals surface area (Å²) >= 11 is 1.64. The molecule has 1 aliphatic heterocycles.